The van der Waals surface area contributed by atoms with Gasteiger partial charge in [-0.3, -0.25) is 9.59 Å². The van der Waals surface area contributed by atoms with E-state index >= 15 is 0 Å². The van der Waals surface area contributed by atoms with Crippen molar-refractivity contribution in [3.05, 3.63) is 0 Å². The van der Waals surface area contributed by atoms with E-state index in [0.717, 1.165) is 25.7 Å². The van der Waals surface area contributed by atoms with Crippen molar-refractivity contribution in [3.63, 3.8) is 0 Å². The highest BCUT2D eigenvalue weighted by Gasteiger charge is 2.21. The summed E-state index contributed by atoms with van der Waals surface area (Å²) in [6, 6.07) is 0. The van der Waals surface area contributed by atoms with Crippen molar-refractivity contribution in [1.29, 1.82) is 0 Å². The second-order valence-corrected chi connectivity index (χ2v) is 4.15. The molecular weight excluding hydrogens is 196 g/mol. The van der Waals surface area contributed by atoms with Gasteiger partial charge in [-0.25, -0.2) is 4.79 Å². The molecule has 0 aromatic rings. The lowest BCUT2D eigenvalue weighted by atomic mass is 9.85. The lowest BCUT2D eigenvalue weighted by Gasteiger charge is -2.20. The number of aliphatic carboxylic acids is 1. The second-order valence-electron chi connectivity index (χ2n) is 4.15. The Morgan fingerprint density at radius 1 is 1.07 bits per heavy atom. The highest BCUT2D eigenvalue weighted by atomic mass is 16.4. The molecule has 1 aliphatic carbocycles. The minimum atomic E-state index is -1.51. The summed E-state index contributed by atoms with van der Waals surface area (Å²) in [5.74, 6) is -2.36. The summed E-state index contributed by atoms with van der Waals surface area (Å²) in [7, 11) is 0. The van der Waals surface area contributed by atoms with E-state index < -0.39 is 18.2 Å². The van der Waals surface area contributed by atoms with Gasteiger partial charge < -0.3 is 5.11 Å². The molecule has 0 aromatic carbocycles. The number of carbonyl (C=O) groups excluding carboxylic acids is 2. The van der Waals surface area contributed by atoms with Gasteiger partial charge in [0.25, 0.3) is 0 Å². The predicted octanol–water partition coefficient (Wildman–Crippen LogP) is 1.57. The summed E-state index contributed by atoms with van der Waals surface area (Å²) in [6.45, 7) is 0. The summed E-state index contributed by atoms with van der Waals surface area (Å²) in [4.78, 5) is 32.3. The second kappa shape index (κ2) is 5.63. The third-order valence-electron chi connectivity index (χ3n) is 2.84. The van der Waals surface area contributed by atoms with E-state index in [1.807, 2.05) is 0 Å². The smallest absolute Gasteiger partial charge is 0.372 e. The lowest BCUT2D eigenvalue weighted by Crippen LogP contribution is -2.19. The van der Waals surface area contributed by atoms with E-state index in [4.69, 9.17) is 5.11 Å². The fourth-order valence-corrected chi connectivity index (χ4v) is 2.04. The van der Waals surface area contributed by atoms with Gasteiger partial charge in [-0.05, 0) is 5.92 Å². The minimum absolute atomic E-state index is 0.227. The van der Waals surface area contributed by atoms with Crippen LogP contribution >= 0.6 is 0 Å². The Balaban J connectivity index is 2.28. The van der Waals surface area contributed by atoms with Crippen LogP contribution in [0.2, 0.25) is 0 Å². The number of hydrogen-bond acceptors (Lipinski definition) is 3. The Labute approximate surface area is 88.7 Å². The number of hydrogen-bond donors (Lipinski definition) is 1. The van der Waals surface area contributed by atoms with Gasteiger partial charge in [0.05, 0.1) is 6.42 Å². The summed E-state index contributed by atoms with van der Waals surface area (Å²) in [6.07, 6.45) is 5.51. The number of carbonyl (C=O) groups is 3. The van der Waals surface area contributed by atoms with Gasteiger partial charge in [0, 0.05) is 6.42 Å². The predicted molar refractivity (Wildman–Crippen MR) is 53.5 cm³/mol. The van der Waals surface area contributed by atoms with Crippen LogP contribution in [0.15, 0.2) is 0 Å². The van der Waals surface area contributed by atoms with Gasteiger partial charge in [0.15, 0.2) is 0 Å². The molecule has 0 atom stereocenters. The number of carboxylic acid groups (broad SMARTS) is 1. The van der Waals surface area contributed by atoms with Crippen molar-refractivity contribution in [1.82, 2.24) is 0 Å². The highest BCUT2D eigenvalue weighted by Crippen LogP contribution is 2.26. The van der Waals surface area contributed by atoms with E-state index in [0.29, 0.717) is 12.3 Å². The van der Waals surface area contributed by atoms with Crippen molar-refractivity contribution >= 4 is 17.5 Å². The van der Waals surface area contributed by atoms with Gasteiger partial charge in [0.1, 0.15) is 5.78 Å². The number of ketones is 2. The molecule has 0 radical (unpaired) electrons. The van der Waals surface area contributed by atoms with Gasteiger partial charge in [-0.1, -0.05) is 32.1 Å². The maximum atomic E-state index is 11.3. The van der Waals surface area contributed by atoms with Gasteiger partial charge in [-0.15, -0.1) is 0 Å². The molecular formula is C11H16O4. The van der Waals surface area contributed by atoms with Crippen molar-refractivity contribution < 1.29 is 19.5 Å². The molecule has 84 valence electrons. The molecule has 0 aromatic heterocycles. The Morgan fingerprint density at radius 2 is 1.67 bits per heavy atom. The van der Waals surface area contributed by atoms with E-state index in [9.17, 15) is 14.4 Å². The van der Waals surface area contributed by atoms with E-state index in [1.165, 1.54) is 6.42 Å². The van der Waals surface area contributed by atoms with Crippen molar-refractivity contribution in [2.24, 2.45) is 5.92 Å². The molecule has 0 unspecified atom stereocenters. The average Bonchev–Trinajstić information content (AvgIpc) is 2.18. The zero-order valence-corrected chi connectivity index (χ0v) is 8.70. The Hall–Kier alpha value is -1.19. The highest BCUT2D eigenvalue weighted by molar-refractivity contribution is 6.36. The first-order chi connectivity index (χ1) is 7.09. The first-order valence-electron chi connectivity index (χ1n) is 5.37. The molecule has 15 heavy (non-hydrogen) atoms. The topological polar surface area (TPSA) is 71.4 Å². The average molecular weight is 212 g/mol. The van der Waals surface area contributed by atoms with Gasteiger partial charge >= 0.3 is 5.97 Å². The summed E-state index contributed by atoms with van der Waals surface area (Å²) >= 11 is 0. The molecule has 4 nitrogen and oxygen atoms in total. The van der Waals surface area contributed by atoms with E-state index in [2.05, 4.69) is 0 Å². The van der Waals surface area contributed by atoms with Crippen LogP contribution in [0, 0.1) is 5.92 Å². The normalized spacial score (nSPS) is 17.3. The molecule has 0 heterocycles. The van der Waals surface area contributed by atoms with Crippen molar-refractivity contribution in [3.8, 4) is 0 Å². The minimum Gasteiger partial charge on any atom is -0.475 e. The zero-order chi connectivity index (χ0) is 11.3. The lowest BCUT2D eigenvalue weighted by molar-refractivity contribution is -0.150. The molecule has 0 bridgehead atoms. The first-order valence-corrected chi connectivity index (χ1v) is 5.37. The van der Waals surface area contributed by atoms with Crippen LogP contribution in [0.3, 0.4) is 0 Å². The first kappa shape index (κ1) is 11.9. The summed E-state index contributed by atoms with van der Waals surface area (Å²) in [5, 5.41) is 8.33. The van der Waals surface area contributed by atoms with Crippen LogP contribution in [0.25, 0.3) is 0 Å². The molecule has 1 aliphatic rings. The molecule has 0 amide bonds. The Kier molecular flexibility index (Phi) is 4.46. The molecule has 0 aliphatic heterocycles. The monoisotopic (exact) mass is 212 g/mol. The van der Waals surface area contributed by atoms with Crippen LogP contribution in [0.4, 0.5) is 0 Å². The van der Waals surface area contributed by atoms with E-state index in [1.54, 1.807) is 0 Å². The van der Waals surface area contributed by atoms with Gasteiger partial charge in [-0.2, -0.15) is 0 Å². The van der Waals surface area contributed by atoms with Gasteiger partial charge in [0.2, 0.25) is 5.78 Å². The number of Topliss-reactive ketones (excluding diaryl/α,β-unsaturated/α-hetero) is 2. The fraction of sp³-hybridized carbons (Fsp3) is 0.727. The summed E-state index contributed by atoms with van der Waals surface area (Å²) in [5.41, 5.74) is 0. The molecule has 1 fully saturated rings. The van der Waals surface area contributed by atoms with Crippen LogP contribution in [-0.2, 0) is 14.4 Å². The standard InChI is InChI=1S/C11H16O4/c12-9(7-10(13)11(14)15)6-8-4-2-1-3-5-8/h8H,1-7H2,(H,14,15). The molecule has 0 saturated heterocycles. The van der Waals surface area contributed by atoms with Crippen molar-refractivity contribution in [2.45, 2.75) is 44.9 Å². The van der Waals surface area contributed by atoms with Crippen LogP contribution < -0.4 is 0 Å². The van der Waals surface area contributed by atoms with Crippen LogP contribution in [-0.4, -0.2) is 22.6 Å². The fourth-order valence-electron chi connectivity index (χ4n) is 2.04. The quantitative estimate of drug-likeness (QED) is 0.554. The maximum Gasteiger partial charge on any atom is 0.372 e. The number of rotatable bonds is 5. The van der Waals surface area contributed by atoms with E-state index in [-0.39, 0.29) is 5.78 Å². The Morgan fingerprint density at radius 3 is 2.20 bits per heavy atom. The third-order valence-corrected chi connectivity index (χ3v) is 2.84. The van der Waals surface area contributed by atoms with Crippen molar-refractivity contribution in [2.75, 3.05) is 0 Å². The molecule has 4 heteroatoms. The molecule has 0 spiro atoms. The number of carboxylic acids is 1. The molecule has 1 N–H and O–H groups in total. The third kappa shape index (κ3) is 4.23. The zero-order valence-electron chi connectivity index (χ0n) is 8.70. The SMILES string of the molecule is O=C(CC(=O)C(=O)O)CC1CCCCC1. The molecule has 1 saturated carbocycles. The molecule has 1 rings (SSSR count). The maximum absolute atomic E-state index is 11.3. The largest absolute Gasteiger partial charge is 0.475 e. The van der Waals surface area contributed by atoms with Crippen LogP contribution in [0.5, 0.6) is 0 Å². The Bertz CT molecular complexity index is 264. The van der Waals surface area contributed by atoms with Crippen LogP contribution in [0.1, 0.15) is 44.9 Å². The summed E-state index contributed by atoms with van der Waals surface area (Å²) < 4.78 is 0.